The Kier molecular flexibility index (Phi) is 4.80. The molecule has 0 fully saturated rings. The molecule has 1 aliphatic carbocycles. The molecule has 1 N–H and O–H groups in total. The summed E-state index contributed by atoms with van der Waals surface area (Å²) < 4.78 is 0. The molecular weight excluding hydrogens is 342 g/mol. The molecule has 1 aromatic heterocycles. The van der Waals surface area contributed by atoms with Crippen LogP contribution in [0.25, 0.3) is 0 Å². The quantitative estimate of drug-likeness (QED) is 0.515. The van der Waals surface area contributed by atoms with Gasteiger partial charge in [0, 0.05) is 17.0 Å². The predicted molar refractivity (Wildman–Crippen MR) is 93.1 cm³/mol. The zero-order valence-corrected chi connectivity index (χ0v) is 14.3. The van der Waals surface area contributed by atoms with Gasteiger partial charge >= 0.3 is 0 Å². The lowest BCUT2D eigenvalue weighted by molar-refractivity contribution is -0.385. The van der Waals surface area contributed by atoms with Crippen molar-refractivity contribution in [3.05, 3.63) is 55.3 Å². The molecule has 8 heteroatoms. The third kappa shape index (κ3) is 3.85. The summed E-state index contributed by atoms with van der Waals surface area (Å²) in [6.07, 6.45) is 4.23. The standard InChI is InChI=1S/C17H17N3O4S/c1-10-2-5-15-11(6-10)8-16(25-15)17(22)19-18-9-12-7-13(20(23)24)3-4-14(12)21/h3-4,7-10,21H,2,5-6H2,1H3,(H,19,22)/p-1/b18-9-/t10-/m0/s1. The van der Waals surface area contributed by atoms with Gasteiger partial charge in [0.25, 0.3) is 11.6 Å². The van der Waals surface area contributed by atoms with E-state index in [2.05, 4.69) is 17.5 Å². The number of hydrazone groups is 1. The fourth-order valence-electron chi connectivity index (χ4n) is 2.78. The van der Waals surface area contributed by atoms with E-state index < -0.39 is 10.7 Å². The molecule has 1 aliphatic rings. The first-order chi connectivity index (χ1) is 11.9. The lowest BCUT2D eigenvalue weighted by Gasteiger charge is -2.16. The predicted octanol–water partition coefficient (Wildman–Crippen LogP) is 2.62. The summed E-state index contributed by atoms with van der Waals surface area (Å²) in [6, 6.07) is 5.27. The van der Waals surface area contributed by atoms with Crippen LogP contribution in [0.2, 0.25) is 0 Å². The molecule has 1 atom stereocenters. The number of fused-ring (bicyclic) bond motifs is 1. The van der Waals surface area contributed by atoms with Crippen LogP contribution in [0.5, 0.6) is 5.75 Å². The molecular formula is C17H16N3O4S-. The highest BCUT2D eigenvalue weighted by Crippen LogP contribution is 2.32. The maximum Gasteiger partial charge on any atom is 0.281 e. The van der Waals surface area contributed by atoms with Crippen LogP contribution in [0.15, 0.2) is 29.4 Å². The van der Waals surface area contributed by atoms with Gasteiger partial charge < -0.3 is 5.11 Å². The zero-order valence-electron chi connectivity index (χ0n) is 13.5. The number of nitro groups is 1. The summed E-state index contributed by atoms with van der Waals surface area (Å²) in [5.41, 5.74) is 3.44. The molecule has 7 nitrogen and oxygen atoms in total. The van der Waals surface area contributed by atoms with E-state index in [1.807, 2.05) is 6.07 Å². The Balaban J connectivity index is 1.69. The van der Waals surface area contributed by atoms with Crippen molar-refractivity contribution >= 4 is 29.1 Å². The van der Waals surface area contributed by atoms with Crippen LogP contribution in [0.4, 0.5) is 5.69 Å². The van der Waals surface area contributed by atoms with Crippen molar-refractivity contribution in [2.75, 3.05) is 0 Å². The van der Waals surface area contributed by atoms with Crippen molar-refractivity contribution in [3.63, 3.8) is 0 Å². The van der Waals surface area contributed by atoms with Crippen LogP contribution in [0, 0.1) is 16.0 Å². The largest absolute Gasteiger partial charge is 0.872 e. The monoisotopic (exact) mass is 358 g/mol. The first-order valence-electron chi connectivity index (χ1n) is 7.84. The number of nitrogens with one attached hydrogen (secondary N) is 1. The van der Waals surface area contributed by atoms with Crippen molar-refractivity contribution in [2.24, 2.45) is 11.0 Å². The average molecular weight is 358 g/mol. The second kappa shape index (κ2) is 7.02. The highest BCUT2D eigenvalue weighted by atomic mass is 32.1. The second-order valence-electron chi connectivity index (χ2n) is 6.09. The minimum absolute atomic E-state index is 0.0498. The number of hydrogen-bond acceptors (Lipinski definition) is 6. The van der Waals surface area contributed by atoms with Gasteiger partial charge in [-0.05, 0) is 42.4 Å². The summed E-state index contributed by atoms with van der Waals surface area (Å²) in [5.74, 6) is -0.120. The molecule has 0 aliphatic heterocycles. The van der Waals surface area contributed by atoms with Crippen molar-refractivity contribution < 1.29 is 14.8 Å². The van der Waals surface area contributed by atoms with Crippen LogP contribution in [-0.2, 0) is 12.8 Å². The fourth-order valence-corrected chi connectivity index (χ4v) is 3.88. The highest BCUT2D eigenvalue weighted by Gasteiger charge is 2.20. The maximum absolute atomic E-state index is 12.2. The number of non-ortho nitro benzene ring substituents is 1. The third-order valence-corrected chi connectivity index (χ3v) is 5.36. The van der Waals surface area contributed by atoms with Crippen LogP contribution in [0.3, 0.4) is 0 Å². The maximum atomic E-state index is 12.2. The Morgan fingerprint density at radius 3 is 3.00 bits per heavy atom. The number of amides is 1. The van der Waals surface area contributed by atoms with E-state index in [0.29, 0.717) is 10.8 Å². The highest BCUT2D eigenvalue weighted by molar-refractivity contribution is 7.14. The molecule has 0 unspecified atom stereocenters. The van der Waals surface area contributed by atoms with Gasteiger partial charge in [0.1, 0.15) is 0 Å². The molecule has 130 valence electrons. The van der Waals surface area contributed by atoms with Crippen LogP contribution in [-0.4, -0.2) is 17.0 Å². The summed E-state index contributed by atoms with van der Waals surface area (Å²) in [6.45, 7) is 2.20. The molecule has 1 amide bonds. The van der Waals surface area contributed by atoms with Crippen LogP contribution < -0.4 is 10.5 Å². The topological polar surface area (TPSA) is 108 Å². The van der Waals surface area contributed by atoms with Gasteiger partial charge in [-0.25, -0.2) is 5.43 Å². The summed E-state index contributed by atoms with van der Waals surface area (Å²) in [7, 11) is 0. The number of rotatable bonds is 4. The van der Waals surface area contributed by atoms with Gasteiger partial charge in [-0.3, -0.25) is 14.9 Å². The number of carbonyl (C=O) groups excluding carboxylic acids is 1. The molecule has 0 spiro atoms. The lowest BCUT2D eigenvalue weighted by Crippen LogP contribution is -2.16. The van der Waals surface area contributed by atoms with Crippen molar-refractivity contribution in [2.45, 2.75) is 26.2 Å². The number of thiophene rings is 1. The first kappa shape index (κ1) is 17.1. The van der Waals surface area contributed by atoms with Gasteiger partial charge in [-0.2, -0.15) is 5.10 Å². The van der Waals surface area contributed by atoms with E-state index in [1.165, 1.54) is 21.8 Å². The van der Waals surface area contributed by atoms with Crippen molar-refractivity contribution in [1.82, 2.24) is 5.43 Å². The van der Waals surface area contributed by atoms with Gasteiger partial charge in [0.15, 0.2) is 0 Å². The number of hydrogen-bond donors (Lipinski definition) is 1. The van der Waals surface area contributed by atoms with E-state index in [9.17, 15) is 20.0 Å². The zero-order chi connectivity index (χ0) is 18.0. The summed E-state index contributed by atoms with van der Waals surface area (Å²) in [5, 5.41) is 26.2. The number of nitrogens with zero attached hydrogens (tertiary/aromatic N) is 2. The van der Waals surface area contributed by atoms with E-state index in [-0.39, 0.29) is 17.2 Å². The fraction of sp³-hybridized carbons (Fsp3) is 0.294. The number of aryl methyl sites for hydroxylation is 1. The van der Waals surface area contributed by atoms with Crippen LogP contribution >= 0.6 is 11.3 Å². The number of benzene rings is 1. The minimum atomic E-state index is -0.591. The SMILES string of the molecule is C[C@H]1CCc2sc(C(=O)N/N=C\c3cc([N+](=O)[O-])ccc3[O-])cc2C1. The van der Waals surface area contributed by atoms with Gasteiger partial charge in [0.05, 0.1) is 16.0 Å². The molecule has 2 aromatic rings. The molecule has 0 saturated carbocycles. The first-order valence-corrected chi connectivity index (χ1v) is 8.66. The Morgan fingerprint density at radius 1 is 1.44 bits per heavy atom. The van der Waals surface area contributed by atoms with E-state index in [4.69, 9.17) is 0 Å². The van der Waals surface area contributed by atoms with E-state index in [1.54, 1.807) is 0 Å². The van der Waals surface area contributed by atoms with Crippen molar-refractivity contribution in [3.8, 4) is 5.75 Å². The van der Waals surface area contributed by atoms with E-state index in [0.717, 1.165) is 43.7 Å². The molecule has 0 bridgehead atoms. The molecule has 0 radical (unpaired) electrons. The van der Waals surface area contributed by atoms with Gasteiger partial charge in [-0.1, -0.05) is 18.7 Å². The minimum Gasteiger partial charge on any atom is -0.872 e. The number of carbonyl (C=O) groups is 1. The Bertz CT molecular complexity index is 860. The molecule has 25 heavy (non-hydrogen) atoms. The average Bonchev–Trinajstić information content (AvgIpc) is 2.99. The summed E-state index contributed by atoms with van der Waals surface area (Å²) >= 11 is 1.46. The Labute approximate surface area is 148 Å². The van der Waals surface area contributed by atoms with E-state index >= 15 is 0 Å². The van der Waals surface area contributed by atoms with Crippen molar-refractivity contribution in [1.29, 1.82) is 0 Å². The second-order valence-corrected chi connectivity index (χ2v) is 7.22. The number of nitro benzene ring substituents is 1. The third-order valence-electron chi connectivity index (χ3n) is 4.13. The lowest BCUT2D eigenvalue weighted by atomic mass is 9.90. The normalized spacial score (nSPS) is 16.6. The summed E-state index contributed by atoms with van der Waals surface area (Å²) in [4.78, 5) is 24.2. The molecule has 0 saturated heterocycles. The smallest absolute Gasteiger partial charge is 0.281 e. The van der Waals surface area contributed by atoms with Gasteiger partial charge in [0.2, 0.25) is 0 Å². The molecule has 3 rings (SSSR count). The Hall–Kier alpha value is -2.74. The Morgan fingerprint density at radius 2 is 2.24 bits per heavy atom. The molecule has 1 heterocycles. The van der Waals surface area contributed by atoms with Gasteiger partial charge in [-0.15, -0.1) is 11.3 Å². The van der Waals surface area contributed by atoms with Crippen LogP contribution in [0.1, 0.15) is 39.0 Å². The molecule has 1 aromatic carbocycles.